The van der Waals surface area contributed by atoms with E-state index in [2.05, 4.69) is 27.3 Å². The molecule has 1 aromatic heterocycles. The Kier molecular flexibility index (Phi) is 10.7. The number of sulfonamides is 1. The minimum absolute atomic E-state index is 0.174. The number of nitrogens with one attached hydrogen (secondary N) is 3. The Bertz CT molecular complexity index is 1170. The van der Waals surface area contributed by atoms with Gasteiger partial charge in [-0.1, -0.05) is 25.5 Å². The standard InChI is InChI=1S/C21H29N5O3S.C2HF3O2/c1-3-5-16-6-8-18(9-7-16)30(28,29)25-17-14-19(21(27)23-4-2)20(24-15-17)26-12-10-22-11-13-26;3-2(4,5)1(6)7/h6-9,14-15,22,25H,3-5,10-13H2,1-2H3,(H,23,27);(H,6,7). The van der Waals surface area contributed by atoms with Crippen molar-refractivity contribution in [2.45, 2.75) is 37.8 Å². The van der Waals surface area contributed by atoms with Crippen LogP contribution in [0.2, 0.25) is 0 Å². The zero-order valence-electron chi connectivity index (χ0n) is 20.4. The van der Waals surface area contributed by atoms with Crippen LogP contribution in [0, 0.1) is 0 Å². The van der Waals surface area contributed by atoms with E-state index in [1.54, 1.807) is 18.2 Å². The van der Waals surface area contributed by atoms with Crippen LogP contribution in [0.25, 0.3) is 0 Å². The molecule has 1 aromatic carbocycles. The SMILES string of the molecule is CCCc1ccc(S(=O)(=O)Nc2cnc(N3CCNCC3)c(C(=O)NCC)c2)cc1.O=C(O)C(F)(F)F. The Balaban J connectivity index is 0.000000604. The minimum atomic E-state index is -5.08. The molecule has 2 aromatic rings. The van der Waals surface area contributed by atoms with Gasteiger partial charge in [-0.05, 0) is 37.1 Å². The number of halogens is 3. The van der Waals surface area contributed by atoms with Crippen molar-refractivity contribution in [3.8, 4) is 0 Å². The molecule has 0 unspecified atom stereocenters. The second-order valence-corrected chi connectivity index (χ2v) is 9.68. The number of carbonyl (C=O) groups is 2. The maximum absolute atomic E-state index is 12.8. The Hall–Kier alpha value is -3.39. The molecule has 0 saturated carbocycles. The third-order valence-corrected chi connectivity index (χ3v) is 6.53. The summed E-state index contributed by atoms with van der Waals surface area (Å²) in [7, 11) is -3.78. The molecule has 37 heavy (non-hydrogen) atoms. The lowest BCUT2D eigenvalue weighted by molar-refractivity contribution is -0.192. The van der Waals surface area contributed by atoms with Crippen molar-refractivity contribution in [2.24, 2.45) is 0 Å². The molecular formula is C23H30F3N5O5S. The van der Waals surface area contributed by atoms with Crippen LogP contribution in [0.5, 0.6) is 0 Å². The summed E-state index contributed by atoms with van der Waals surface area (Å²) in [6.07, 6.45) is -1.72. The third-order valence-electron chi connectivity index (χ3n) is 5.13. The fourth-order valence-corrected chi connectivity index (χ4v) is 4.44. The van der Waals surface area contributed by atoms with Crippen molar-refractivity contribution in [3.63, 3.8) is 0 Å². The summed E-state index contributed by atoms with van der Waals surface area (Å²) >= 11 is 0. The summed E-state index contributed by atoms with van der Waals surface area (Å²) in [6, 6.07) is 8.40. The number of rotatable bonds is 8. The Morgan fingerprint density at radius 1 is 1.14 bits per heavy atom. The van der Waals surface area contributed by atoms with Crippen LogP contribution in [-0.2, 0) is 21.2 Å². The van der Waals surface area contributed by atoms with Crippen LogP contribution in [0.4, 0.5) is 24.7 Å². The van der Waals surface area contributed by atoms with E-state index in [-0.39, 0.29) is 16.5 Å². The lowest BCUT2D eigenvalue weighted by Gasteiger charge is -2.30. The van der Waals surface area contributed by atoms with Gasteiger partial charge >= 0.3 is 12.1 Å². The van der Waals surface area contributed by atoms with Crippen molar-refractivity contribution in [2.75, 3.05) is 42.3 Å². The van der Waals surface area contributed by atoms with E-state index in [4.69, 9.17) is 9.90 Å². The Labute approximate surface area is 213 Å². The molecule has 0 aliphatic carbocycles. The van der Waals surface area contributed by atoms with E-state index in [9.17, 15) is 26.4 Å². The first-order valence-electron chi connectivity index (χ1n) is 11.5. The number of carboxylic acid groups (broad SMARTS) is 1. The van der Waals surface area contributed by atoms with Crippen LogP contribution in [0.3, 0.4) is 0 Å². The molecule has 0 spiro atoms. The van der Waals surface area contributed by atoms with Crippen LogP contribution in [-0.4, -0.2) is 69.3 Å². The number of nitrogens with zero attached hydrogens (tertiary/aromatic N) is 2. The van der Waals surface area contributed by atoms with Crippen molar-refractivity contribution in [1.82, 2.24) is 15.6 Å². The maximum Gasteiger partial charge on any atom is 0.490 e. The fraction of sp³-hybridized carbons (Fsp3) is 0.435. The summed E-state index contributed by atoms with van der Waals surface area (Å²) in [5.74, 6) is -2.47. The number of aromatic nitrogens is 1. The second kappa shape index (κ2) is 13.2. The third kappa shape index (κ3) is 8.89. The number of benzene rings is 1. The average Bonchev–Trinajstić information content (AvgIpc) is 2.85. The molecule has 1 saturated heterocycles. The molecule has 4 N–H and O–H groups in total. The van der Waals surface area contributed by atoms with Gasteiger partial charge in [0.2, 0.25) is 0 Å². The highest BCUT2D eigenvalue weighted by Crippen LogP contribution is 2.24. The van der Waals surface area contributed by atoms with Gasteiger partial charge in [0.15, 0.2) is 0 Å². The molecule has 1 amide bonds. The van der Waals surface area contributed by atoms with Gasteiger partial charge in [0.1, 0.15) is 5.82 Å². The van der Waals surface area contributed by atoms with Gasteiger partial charge in [-0.15, -0.1) is 0 Å². The van der Waals surface area contributed by atoms with E-state index in [0.29, 0.717) is 17.9 Å². The summed E-state index contributed by atoms with van der Waals surface area (Å²) in [4.78, 5) is 28.2. The highest BCUT2D eigenvalue weighted by molar-refractivity contribution is 7.92. The monoisotopic (exact) mass is 545 g/mol. The number of pyridine rings is 1. The summed E-state index contributed by atoms with van der Waals surface area (Å²) < 4.78 is 59.9. The fourth-order valence-electron chi connectivity index (χ4n) is 3.40. The largest absolute Gasteiger partial charge is 0.490 e. The molecular weight excluding hydrogens is 515 g/mol. The molecule has 0 atom stereocenters. The van der Waals surface area contributed by atoms with Crippen molar-refractivity contribution in [3.05, 3.63) is 47.7 Å². The number of hydrogen-bond donors (Lipinski definition) is 4. The van der Waals surface area contributed by atoms with Gasteiger partial charge in [0.25, 0.3) is 15.9 Å². The number of anilines is 2. The molecule has 0 radical (unpaired) electrons. The van der Waals surface area contributed by atoms with Gasteiger partial charge in [0.05, 0.1) is 22.3 Å². The van der Waals surface area contributed by atoms with E-state index in [1.165, 1.54) is 6.20 Å². The lowest BCUT2D eigenvalue weighted by Crippen LogP contribution is -2.44. The van der Waals surface area contributed by atoms with Gasteiger partial charge < -0.3 is 20.6 Å². The lowest BCUT2D eigenvalue weighted by atomic mass is 10.1. The quantitative estimate of drug-likeness (QED) is 0.397. The van der Waals surface area contributed by atoms with Crippen LogP contribution in [0.1, 0.15) is 36.2 Å². The first-order chi connectivity index (χ1) is 17.4. The van der Waals surface area contributed by atoms with Gasteiger partial charge in [-0.25, -0.2) is 18.2 Å². The average molecular weight is 546 g/mol. The van der Waals surface area contributed by atoms with Crippen LogP contribution < -0.4 is 20.3 Å². The number of aliphatic carboxylic acids is 1. The Morgan fingerprint density at radius 3 is 2.24 bits per heavy atom. The summed E-state index contributed by atoms with van der Waals surface area (Å²) in [5.41, 5.74) is 1.71. The van der Waals surface area contributed by atoms with E-state index in [1.807, 2.05) is 24.0 Å². The van der Waals surface area contributed by atoms with Crippen LogP contribution >= 0.6 is 0 Å². The van der Waals surface area contributed by atoms with Crippen molar-refractivity contribution < 1.29 is 36.3 Å². The molecule has 2 heterocycles. The van der Waals surface area contributed by atoms with E-state index in [0.717, 1.165) is 44.6 Å². The van der Waals surface area contributed by atoms with E-state index < -0.39 is 22.2 Å². The predicted octanol–water partition coefficient (Wildman–Crippen LogP) is 2.63. The first kappa shape index (κ1) is 29.8. The van der Waals surface area contributed by atoms with E-state index >= 15 is 0 Å². The first-order valence-corrected chi connectivity index (χ1v) is 13.0. The summed E-state index contributed by atoms with van der Waals surface area (Å²) in [6.45, 7) is 7.46. The van der Waals surface area contributed by atoms with Gasteiger partial charge in [-0.3, -0.25) is 9.52 Å². The molecule has 1 aliphatic rings. The minimum Gasteiger partial charge on any atom is -0.475 e. The predicted molar refractivity (Wildman–Crippen MR) is 132 cm³/mol. The number of carboxylic acids is 1. The van der Waals surface area contributed by atoms with Crippen molar-refractivity contribution >= 4 is 33.4 Å². The van der Waals surface area contributed by atoms with Crippen molar-refractivity contribution in [1.29, 1.82) is 0 Å². The second-order valence-electron chi connectivity index (χ2n) is 7.99. The topological polar surface area (TPSA) is 141 Å². The highest BCUT2D eigenvalue weighted by atomic mass is 32.2. The smallest absolute Gasteiger partial charge is 0.475 e. The van der Waals surface area contributed by atoms with Crippen LogP contribution in [0.15, 0.2) is 41.4 Å². The molecule has 0 bridgehead atoms. The molecule has 3 rings (SSSR count). The number of hydrogen-bond acceptors (Lipinski definition) is 7. The molecule has 10 nitrogen and oxygen atoms in total. The number of piperazine rings is 1. The molecule has 1 aliphatic heterocycles. The normalized spacial score (nSPS) is 13.8. The summed E-state index contributed by atoms with van der Waals surface area (Å²) in [5, 5.41) is 13.2. The number of amides is 1. The number of carbonyl (C=O) groups excluding carboxylic acids is 1. The zero-order chi connectivity index (χ0) is 27.6. The Morgan fingerprint density at radius 2 is 1.73 bits per heavy atom. The van der Waals surface area contributed by atoms with Gasteiger partial charge in [-0.2, -0.15) is 13.2 Å². The zero-order valence-corrected chi connectivity index (χ0v) is 21.2. The molecule has 204 valence electrons. The highest BCUT2D eigenvalue weighted by Gasteiger charge is 2.38. The number of aryl methyl sites for hydroxylation is 1. The molecule has 14 heteroatoms. The number of alkyl halides is 3. The molecule has 1 fully saturated rings. The maximum atomic E-state index is 12.8. The van der Waals surface area contributed by atoms with Gasteiger partial charge in [0, 0.05) is 32.7 Å².